The Hall–Kier alpha value is 0.531. The molecular formula is C11H30O3Si3. The first-order chi connectivity index (χ1) is 8.06. The fourth-order valence-corrected chi connectivity index (χ4v) is 4.13. The van der Waals surface area contributed by atoms with Gasteiger partial charge in [-0.15, -0.1) is 0 Å². The monoisotopic (exact) mass is 294 g/mol. The van der Waals surface area contributed by atoms with Crippen LogP contribution in [0.5, 0.6) is 0 Å². The summed E-state index contributed by atoms with van der Waals surface area (Å²) >= 11 is 0. The van der Waals surface area contributed by atoms with Crippen LogP contribution >= 0.6 is 0 Å². The van der Waals surface area contributed by atoms with Gasteiger partial charge in [0.25, 0.3) is 0 Å². The highest BCUT2D eigenvalue weighted by atomic mass is 28.3. The highest BCUT2D eigenvalue weighted by Gasteiger charge is 2.13. The normalized spacial score (nSPS) is 12.7. The van der Waals surface area contributed by atoms with Crippen molar-refractivity contribution in [1.29, 1.82) is 0 Å². The van der Waals surface area contributed by atoms with Crippen molar-refractivity contribution >= 4 is 27.8 Å². The van der Waals surface area contributed by atoms with Gasteiger partial charge in [-0.2, -0.15) is 0 Å². The van der Waals surface area contributed by atoms with Crippen molar-refractivity contribution in [2.24, 2.45) is 0 Å². The van der Waals surface area contributed by atoms with Gasteiger partial charge in [-0.05, 0) is 32.2 Å². The van der Waals surface area contributed by atoms with E-state index in [1.54, 1.807) is 0 Å². The topological polar surface area (TPSA) is 27.7 Å². The first kappa shape index (κ1) is 17.5. The van der Waals surface area contributed by atoms with Crippen molar-refractivity contribution < 1.29 is 13.3 Å². The fourth-order valence-electron chi connectivity index (χ4n) is 1.44. The summed E-state index contributed by atoms with van der Waals surface area (Å²) in [7, 11) is -2.58. The first-order valence-electron chi connectivity index (χ1n) is 6.98. The van der Waals surface area contributed by atoms with Crippen molar-refractivity contribution in [1.82, 2.24) is 0 Å². The van der Waals surface area contributed by atoms with Crippen molar-refractivity contribution in [2.45, 2.75) is 71.3 Å². The standard InChI is InChI=1S/C11H30O3Si3/c1-6-7-8-9-10-15-12-11(13-16(2)3)14-17(4)5/h11,16-17H,6-10,15H2,1-5H3. The van der Waals surface area contributed by atoms with Crippen molar-refractivity contribution in [3.05, 3.63) is 0 Å². The van der Waals surface area contributed by atoms with E-state index in [1.165, 1.54) is 31.7 Å². The molecule has 0 fully saturated rings. The van der Waals surface area contributed by atoms with Gasteiger partial charge in [0.1, 0.15) is 0 Å². The van der Waals surface area contributed by atoms with Crippen LogP contribution in [-0.2, 0) is 13.3 Å². The molecule has 0 aliphatic carbocycles. The fraction of sp³-hybridized carbons (Fsp3) is 1.00. The lowest BCUT2D eigenvalue weighted by atomic mass is 10.2. The third kappa shape index (κ3) is 12.8. The van der Waals surface area contributed by atoms with Gasteiger partial charge >= 0.3 is 0 Å². The van der Waals surface area contributed by atoms with Gasteiger partial charge in [0.05, 0.1) is 0 Å². The predicted molar refractivity (Wildman–Crippen MR) is 82.3 cm³/mol. The van der Waals surface area contributed by atoms with Gasteiger partial charge in [0, 0.05) is 0 Å². The molecule has 6 heteroatoms. The van der Waals surface area contributed by atoms with E-state index in [4.69, 9.17) is 13.3 Å². The Morgan fingerprint density at radius 3 is 2.00 bits per heavy atom. The Balaban J connectivity index is 3.60. The van der Waals surface area contributed by atoms with Gasteiger partial charge in [0.2, 0.25) is 6.48 Å². The summed E-state index contributed by atoms with van der Waals surface area (Å²) in [6, 6.07) is 1.25. The molecule has 0 aromatic heterocycles. The average Bonchev–Trinajstić information content (AvgIpc) is 2.21. The molecule has 104 valence electrons. The minimum Gasteiger partial charge on any atom is -0.380 e. The van der Waals surface area contributed by atoms with E-state index in [1.807, 2.05) is 0 Å². The Labute approximate surface area is 113 Å². The maximum atomic E-state index is 5.81. The quantitative estimate of drug-likeness (QED) is 0.333. The summed E-state index contributed by atoms with van der Waals surface area (Å²) in [4.78, 5) is 0. The third-order valence-corrected chi connectivity index (χ3v) is 5.10. The Morgan fingerprint density at radius 1 is 0.941 bits per heavy atom. The minimum absolute atomic E-state index is 0.328. The second-order valence-electron chi connectivity index (χ2n) is 4.94. The molecule has 0 saturated carbocycles. The highest BCUT2D eigenvalue weighted by Crippen LogP contribution is 2.06. The maximum absolute atomic E-state index is 5.81. The molecule has 0 radical (unpaired) electrons. The van der Waals surface area contributed by atoms with E-state index in [-0.39, 0.29) is 6.48 Å². The molecule has 0 saturated heterocycles. The lowest BCUT2D eigenvalue weighted by Crippen LogP contribution is -2.31. The molecule has 0 atom stereocenters. The number of rotatable bonds is 11. The molecule has 17 heavy (non-hydrogen) atoms. The molecule has 0 aromatic rings. The number of hydrogen-bond donors (Lipinski definition) is 0. The van der Waals surface area contributed by atoms with Crippen LogP contribution in [0, 0.1) is 0 Å². The molecule has 0 unspecified atom stereocenters. The molecule has 0 bridgehead atoms. The van der Waals surface area contributed by atoms with Crippen molar-refractivity contribution in [3.63, 3.8) is 0 Å². The molecule has 0 aromatic carbocycles. The number of unbranched alkanes of at least 4 members (excludes halogenated alkanes) is 3. The Morgan fingerprint density at radius 2 is 1.53 bits per heavy atom. The molecule has 0 amide bonds. The number of hydrogen-bond acceptors (Lipinski definition) is 3. The lowest BCUT2D eigenvalue weighted by molar-refractivity contribution is -0.145. The molecule has 0 N–H and O–H groups in total. The highest BCUT2D eigenvalue weighted by molar-refractivity contribution is 6.49. The Bertz CT molecular complexity index is 158. The van der Waals surface area contributed by atoms with Crippen LogP contribution in [0.25, 0.3) is 0 Å². The lowest BCUT2D eigenvalue weighted by Gasteiger charge is -2.23. The van der Waals surface area contributed by atoms with Gasteiger partial charge in [-0.1, -0.05) is 32.6 Å². The summed E-state index contributed by atoms with van der Waals surface area (Å²) in [6.45, 7) is 10.5. The van der Waals surface area contributed by atoms with E-state index < -0.39 is 27.8 Å². The van der Waals surface area contributed by atoms with E-state index in [2.05, 4.69) is 33.1 Å². The summed E-state index contributed by atoms with van der Waals surface area (Å²) in [5, 5.41) is 0. The summed E-state index contributed by atoms with van der Waals surface area (Å²) < 4.78 is 17.3. The van der Waals surface area contributed by atoms with E-state index in [0.29, 0.717) is 0 Å². The van der Waals surface area contributed by atoms with Crippen LogP contribution in [0.3, 0.4) is 0 Å². The second kappa shape index (κ2) is 11.6. The molecule has 3 nitrogen and oxygen atoms in total. The molecule has 0 aliphatic rings. The zero-order valence-corrected chi connectivity index (χ0v) is 15.9. The van der Waals surface area contributed by atoms with Gasteiger partial charge < -0.3 is 13.3 Å². The van der Waals surface area contributed by atoms with Gasteiger partial charge in [-0.3, -0.25) is 0 Å². The Kier molecular flexibility index (Phi) is 12.0. The van der Waals surface area contributed by atoms with Crippen LogP contribution in [0.1, 0.15) is 32.6 Å². The summed E-state index contributed by atoms with van der Waals surface area (Å²) in [5.41, 5.74) is 0. The SMILES string of the molecule is CCCCCC[SiH2]OC(O[SiH](C)C)O[SiH](C)C. The third-order valence-electron chi connectivity index (χ3n) is 2.27. The van der Waals surface area contributed by atoms with Crippen LogP contribution in [-0.4, -0.2) is 34.3 Å². The molecule has 0 heterocycles. The predicted octanol–water partition coefficient (Wildman–Crippen LogP) is 2.37. The van der Waals surface area contributed by atoms with Crippen LogP contribution in [0.4, 0.5) is 0 Å². The van der Waals surface area contributed by atoms with E-state index >= 15 is 0 Å². The zero-order valence-electron chi connectivity index (χ0n) is 12.2. The van der Waals surface area contributed by atoms with E-state index in [9.17, 15) is 0 Å². The van der Waals surface area contributed by atoms with E-state index in [0.717, 1.165) is 0 Å². The molecular weight excluding hydrogens is 264 g/mol. The van der Waals surface area contributed by atoms with Gasteiger partial charge in [0.15, 0.2) is 27.8 Å². The zero-order chi connectivity index (χ0) is 13.1. The molecule has 0 spiro atoms. The summed E-state index contributed by atoms with van der Waals surface area (Å²) in [6.07, 6.45) is 5.31. The minimum atomic E-state index is -1.06. The van der Waals surface area contributed by atoms with Crippen molar-refractivity contribution in [2.75, 3.05) is 0 Å². The summed E-state index contributed by atoms with van der Waals surface area (Å²) in [5.74, 6) is 0. The van der Waals surface area contributed by atoms with Crippen LogP contribution in [0.2, 0.25) is 32.2 Å². The van der Waals surface area contributed by atoms with Crippen LogP contribution in [0.15, 0.2) is 0 Å². The maximum Gasteiger partial charge on any atom is 0.242 e. The molecule has 0 aliphatic heterocycles. The first-order valence-corrected chi connectivity index (χ1v) is 14.1. The second-order valence-corrected chi connectivity index (χ2v) is 11.1. The largest absolute Gasteiger partial charge is 0.380 e. The van der Waals surface area contributed by atoms with Crippen LogP contribution < -0.4 is 0 Å². The smallest absolute Gasteiger partial charge is 0.242 e. The average molecular weight is 295 g/mol. The molecule has 0 rings (SSSR count). The van der Waals surface area contributed by atoms with Crippen molar-refractivity contribution in [3.8, 4) is 0 Å². The van der Waals surface area contributed by atoms with Gasteiger partial charge in [-0.25, -0.2) is 0 Å².